The van der Waals surface area contributed by atoms with Crippen molar-refractivity contribution < 1.29 is 19.1 Å². The summed E-state index contributed by atoms with van der Waals surface area (Å²) in [5.41, 5.74) is 0.773. The summed E-state index contributed by atoms with van der Waals surface area (Å²) < 4.78 is 10.8. The van der Waals surface area contributed by atoms with Gasteiger partial charge in [0.2, 0.25) is 5.91 Å². The average molecular weight is 403 g/mol. The molecule has 1 heterocycles. The molecule has 1 aliphatic heterocycles. The van der Waals surface area contributed by atoms with Crippen molar-refractivity contribution in [2.75, 3.05) is 20.8 Å². The van der Waals surface area contributed by atoms with Crippen LogP contribution in [-0.2, 0) is 9.59 Å². The van der Waals surface area contributed by atoms with E-state index in [1.54, 1.807) is 19.1 Å². The van der Waals surface area contributed by atoms with Gasteiger partial charge in [0.25, 0.3) is 5.91 Å². The van der Waals surface area contributed by atoms with Gasteiger partial charge in [-0.3, -0.25) is 9.59 Å². The fraction of sp³-hybridized carbons (Fsp3) is 0.652. The molecular weight excluding hydrogens is 368 g/mol. The number of hydrogen-bond acceptors (Lipinski definition) is 4. The van der Waals surface area contributed by atoms with E-state index in [4.69, 9.17) is 9.47 Å². The first-order valence-electron chi connectivity index (χ1n) is 10.7. The van der Waals surface area contributed by atoms with Crippen molar-refractivity contribution in [3.8, 4) is 11.5 Å². The molecule has 1 saturated carbocycles. The van der Waals surface area contributed by atoms with Gasteiger partial charge in [-0.1, -0.05) is 19.9 Å². The Morgan fingerprint density at radius 1 is 1.07 bits per heavy atom. The zero-order valence-electron chi connectivity index (χ0n) is 18.3. The van der Waals surface area contributed by atoms with Crippen LogP contribution in [0.3, 0.4) is 0 Å². The van der Waals surface area contributed by atoms with Crippen LogP contribution in [0.5, 0.6) is 11.5 Å². The summed E-state index contributed by atoms with van der Waals surface area (Å²) in [5.74, 6) is 1.92. The van der Waals surface area contributed by atoms with Crippen molar-refractivity contribution >= 4 is 11.8 Å². The number of rotatable bonds is 6. The van der Waals surface area contributed by atoms with Gasteiger partial charge >= 0.3 is 0 Å². The summed E-state index contributed by atoms with van der Waals surface area (Å²) in [7, 11) is 3.17. The highest BCUT2D eigenvalue weighted by Gasteiger charge is 2.44. The van der Waals surface area contributed by atoms with Crippen LogP contribution in [0, 0.1) is 5.92 Å². The molecular formula is C23H34N2O4. The lowest BCUT2D eigenvalue weighted by atomic mass is 9.85. The van der Waals surface area contributed by atoms with Gasteiger partial charge < -0.3 is 19.3 Å². The second-order valence-electron chi connectivity index (χ2n) is 8.46. The molecule has 0 spiro atoms. The number of carbonyl (C=O) groups is 2. The van der Waals surface area contributed by atoms with E-state index in [0.29, 0.717) is 17.4 Å². The average Bonchev–Trinajstić information content (AvgIpc) is 2.74. The van der Waals surface area contributed by atoms with E-state index in [9.17, 15) is 9.59 Å². The minimum atomic E-state index is -0.620. The van der Waals surface area contributed by atoms with E-state index in [2.05, 4.69) is 6.92 Å². The molecule has 0 aromatic heterocycles. The van der Waals surface area contributed by atoms with Gasteiger partial charge in [0.15, 0.2) is 11.5 Å². The Bertz CT molecular complexity index is 742. The van der Waals surface area contributed by atoms with Crippen LogP contribution in [-0.4, -0.2) is 54.5 Å². The lowest BCUT2D eigenvalue weighted by Gasteiger charge is -2.47. The lowest BCUT2D eigenvalue weighted by molar-refractivity contribution is -0.161. The van der Waals surface area contributed by atoms with Crippen molar-refractivity contribution in [3.63, 3.8) is 0 Å². The molecule has 2 amide bonds. The van der Waals surface area contributed by atoms with E-state index < -0.39 is 6.04 Å². The molecule has 1 aromatic rings. The highest BCUT2D eigenvalue weighted by atomic mass is 16.5. The quantitative estimate of drug-likeness (QED) is 0.726. The SMILES string of the molecule is CCC(C)N1C(=O)CN(C2CCC(C)CC2)C(=O)C1c1ccc(OC)c(OC)c1. The fourth-order valence-electron chi connectivity index (χ4n) is 4.61. The Kier molecular flexibility index (Phi) is 6.70. The van der Waals surface area contributed by atoms with Crippen LogP contribution < -0.4 is 9.47 Å². The van der Waals surface area contributed by atoms with Crippen molar-refractivity contribution in [1.82, 2.24) is 9.80 Å². The number of carbonyl (C=O) groups excluding carboxylic acids is 2. The summed E-state index contributed by atoms with van der Waals surface area (Å²) in [5, 5.41) is 0. The number of benzene rings is 1. The van der Waals surface area contributed by atoms with E-state index in [0.717, 1.165) is 37.7 Å². The predicted molar refractivity (Wildman–Crippen MR) is 112 cm³/mol. The summed E-state index contributed by atoms with van der Waals surface area (Å²) >= 11 is 0. The highest BCUT2D eigenvalue weighted by Crippen LogP contribution is 2.38. The van der Waals surface area contributed by atoms with Crippen molar-refractivity contribution in [1.29, 1.82) is 0 Å². The lowest BCUT2D eigenvalue weighted by Crippen LogP contribution is -2.60. The molecule has 2 aliphatic rings. The molecule has 29 heavy (non-hydrogen) atoms. The molecule has 0 bridgehead atoms. The third kappa shape index (κ3) is 4.21. The Balaban J connectivity index is 1.98. The highest BCUT2D eigenvalue weighted by molar-refractivity contribution is 5.96. The van der Waals surface area contributed by atoms with Crippen LogP contribution in [0.15, 0.2) is 18.2 Å². The molecule has 2 fully saturated rings. The fourth-order valence-corrected chi connectivity index (χ4v) is 4.61. The minimum Gasteiger partial charge on any atom is -0.493 e. The first kappa shape index (κ1) is 21.5. The molecule has 1 aliphatic carbocycles. The first-order valence-corrected chi connectivity index (χ1v) is 10.7. The van der Waals surface area contributed by atoms with Gasteiger partial charge in [0.1, 0.15) is 12.6 Å². The Labute approximate surface area is 174 Å². The van der Waals surface area contributed by atoms with E-state index in [-0.39, 0.29) is 30.4 Å². The molecule has 2 unspecified atom stereocenters. The Hall–Kier alpha value is -2.24. The summed E-state index contributed by atoms with van der Waals surface area (Å²) in [6, 6.07) is 5.03. The summed E-state index contributed by atoms with van der Waals surface area (Å²) in [6.07, 6.45) is 4.96. The van der Waals surface area contributed by atoms with Gasteiger partial charge in [-0.05, 0) is 62.6 Å². The third-order valence-electron chi connectivity index (χ3n) is 6.60. The third-order valence-corrected chi connectivity index (χ3v) is 6.60. The standard InChI is InChI=1S/C23H34N2O4/c1-6-16(3)25-21(26)14-24(18-10-7-15(2)8-11-18)23(27)22(25)17-9-12-19(28-4)20(13-17)29-5/h9,12-13,15-16,18,22H,6-8,10-11,14H2,1-5H3. The van der Waals surface area contributed by atoms with Crippen LogP contribution in [0.1, 0.15) is 64.5 Å². The smallest absolute Gasteiger partial charge is 0.250 e. The maximum absolute atomic E-state index is 13.7. The molecule has 1 aromatic carbocycles. The number of ether oxygens (including phenoxy) is 2. The molecule has 6 heteroatoms. The molecule has 0 radical (unpaired) electrons. The molecule has 0 N–H and O–H groups in total. The zero-order chi connectivity index (χ0) is 21.1. The second kappa shape index (κ2) is 9.06. The van der Waals surface area contributed by atoms with Crippen molar-refractivity contribution in [2.45, 2.75) is 71.0 Å². The van der Waals surface area contributed by atoms with Crippen molar-refractivity contribution in [2.24, 2.45) is 5.92 Å². The summed E-state index contributed by atoms with van der Waals surface area (Å²) in [6.45, 7) is 6.50. The van der Waals surface area contributed by atoms with Crippen LogP contribution in [0.4, 0.5) is 0 Å². The topological polar surface area (TPSA) is 59.1 Å². The van der Waals surface area contributed by atoms with Crippen molar-refractivity contribution in [3.05, 3.63) is 23.8 Å². The van der Waals surface area contributed by atoms with Gasteiger partial charge in [-0.25, -0.2) is 0 Å². The Morgan fingerprint density at radius 2 is 1.72 bits per heavy atom. The van der Waals surface area contributed by atoms with Gasteiger partial charge in [-0.15, -0.1) is 0 Å². The summed E-state index contributed by atoms with van der Waals surface area (Å²) in [4.78, 5) is 30.5. The van der Waals surface area contributed by atoms with E-state index >= 15 is 0 Å². The monoisotopic (exact) mass is 402 g/mol. The number of amides is 2. The van der Waals surface area contributed by atoms with Gasteiger partial charge in [0.05, 0.1) is 14.2 Å². The minimum absolute atomic E-state index is 0.0157. The largest absolute Gasteiger partial charge is 0.493 e. The zero-order valence-corrected chi connectivity index (χ0v) is 18.3. The molecule has 3 rings (SSSR count). The first-order chi connectivity index (χ1) is 13.9. The number of piperazine rings is 1. The predicted octanol–water partition coefficient (Wildman–Crippen LogP) is 3.79. The molecule has 160 valence electrons. The Morgan fingerprint density at radius 3 is 2.31 bits per heavy atom. The molecule has 6 nitrogen and oxygen atoms in total. The molecule has 1 saturated heterocycles. The normalized spacial score (nSPS) is 26.4. The number of hydrogen-bond donors (Lipinski definition) is 0. The van der Waals surface area contributed by atoms with Crippen LogP contribution >= 0.6 is 0 Å². The number of nitrogens with zero attached hydrogens (tertiary/aromatic N) is 2. The second-order valence-corrected chi connectivity index (χ2v) is 8.46. The molecule has 2 atom stereocenters. The maximum atomic E-state index is 13.7. The van der Waals surface area contributed by atoms with Gasteiger partial charge in [-0.2, -0.15) is 0 Å². The van der Waals surface area contributed by atoms with Crippen LogP contribution in [0.2, 0.25) is 0 Å². The van der Waals surface area contributed by atoms with Gasteiger partial charge in [0, 0.05) is 12.1 Å². The van der Waals surface area contributed by atoms with E-state index in [1.807, 2.05) is 36.9 Å². The van der Waals surface area contributed by atoms with E-state index in [1.165, 1.54) is 0 Å². The number of methoxy groups -OCH3 is 2. The van der Waals surface area contributed by atoms with Crippen LogP contribution in [0.25, 0.3) is 0 Å². The maximum Gasteiger partial charge on any atom is 0.250 e.